The molecule has 0 spiro atoms. The molecule has 0 unspecified atom stereocenters. The Hall–Kier alpha value is -4.80. The van der Waals surface area contributed by atoms with Gasteiger partial charge in [-0.3, -0.25) is 9.20 Å². The number of pyridine rings is 1. The third-order valence-electron chi connectivity index (χ3n) is 5.82. The molecule has 5 aromatic rings. The topological polar surface area (TPSA) is 99.8 Å². The Morgan fingerprint density at radius 1 is 1.00 bits per heavy atom. The molecule has 0 fully saturated rings. The second-order valence-corrected chi connectivity index (χ2v) is 9.81. The summed E-state index contributed by atoms with van der Waals surface area (Å²) in [6.07, 6.45) is 0.941. The number of benzene rings is 2. The molecule has 3 heterocycles. The fourth-order valence-corrected chi connectivity index (χ4v) is 4.13. The number of amides is 1. The number of carbonyl (C=O) groups is 2. The molecule has 1 amide bonds. The van der Waals surface area contributed by atoms with E-state index in [-0.39, 0.29) is 29.4 Å². The van der Waals surface area contributed by atoms with E-state index in [1.807, 2.05) is 0 Å². The van der Waals surface area contributed by atoms with E-state index in [4.69, 9.17) is 9.47 Å². The van der Waals surface area contributed by atoms with Crippen molar-refractivity contribution < 1.29 is 27.8 Å². The second kappa shape index (κ2) is 9.82. The number of anilines is 1. The number of fused-ring (bicyclic) bond motifs is 2. The minimum absolute atomic E-state index is 0.165. The Morgan fingerprint density at radius 3 is 2.44 bits per heavy atom. The predicted octanol–water partition coefficient (Wildman–Crippen LogP) is 5.89. The van der Waals surface area contributed by atoms with E-state index in [2.05, 4.69) is 15.4 Å². The number of para-hydroxylation sites is 1. The van der Waals surface area contributed by atoms with Crippen LogP contribution in [0.25, 0.3) is 16.6 Å². The van der Waals surface area contributed by atoms with Crippen LogP contribution in [0, 0.1) is 18.6 Å². The molecule has 2 aromatic carbocycles. The molecule has 0 bridgehead atoms. The van der Waals surface area contributed by atoms with Crippen LogP contribution in [-0.4, -0.2) is 36.8 Å². The maximum Gasteiger partial charge on any atom is 0.435 e. The van der Waals surface area contributed by atoms with E-state index < -0.39 is 29.2 Å². The summed E-state index contributed by atoms with van der Waals surface area (Å²) in [5.41, 5.74) is 0.390. The average molecular weight is 534 g/mol. The maximum atomic E-state index is 14.1. The van der Waals surface area contributed by atoms with Gasteiger partial charge >= 0.3 is 6.09 Å². The zero-order valence-electron chi connectivity index (χ0n) is 21.7. The van der Waals surface area contributed by atoms with Crippen molar-refractivity contribution in [1.82, 2.24) is 19.2 Å². The Morgan fingerprint density at radius 2 is 1.72 bits per heavy atom. The molecule has 0 aliphatic rings. The van der Waals surface area contributed by atoms with Crippen LogP contribution in [0.5, 0.6) is 5.75 Å². The first kappa shape index (κ1) is 25.8. The summed E-state index contributed by atoms with van der Waals surface area (Å²) in [5.74, 6) is -1.57. The number of aryl methyl sites for hydroxylation is 1. The maximum absolute atomic E-state index is 14.1. The zero-order valence-corrected chi connectivity index (χ0v) is 21.7. The van der Waals surface area contributed by atoms with Crippen molar-refractivity contribution in [2.24, 2.45) is 0 Å². The SMILES string of the molecule is Cc1nc2c(OCc3c(F)cccc3F)cccn2c1C(=O)Nc1nn(C(=O)OC(C)(C)C)c2ccccc12. The van der Waals surface area contributed by atoms with Crippen molar-refractivity contribution in [1.29, 1.82) is 0 Å². The number of carbonyl (C=O) groups excluding carboxylic acids is 2. The number of aromatic nitrogens is 4. The lowest BCUT2D eigenvalue weighted by Crippen LogP contribution is -2.27. The minimum atomic E-state index is -0.737. The number of hydrogen-bond donors (Lipinski definition) is 1. The number of nitrogens with zero attached hydrogens (tertiary/aromatic N) is 4. The summed E-state index contributed by atoms with van der Waals surface area (Å²) in [6.45, 7) is 6.53. The standard InChI is InChI=1S/C28H25F2N5O4/c1-16-23(34-14-8-13-22(25(34)31-16)38-15-18-19(29)10-7-11-20(18)30)26(36)32-24-17-9-5-6-12-21(17)35(33-24)27(37)39-28(2,3)4/h5-14H,15H2,1-4H3,(H,32,33,36). The molecule has 5 rings (SSSR count). The third kappa shape index (κ3) is 5.02. The van der Waals surface area contributed by atoms with Crippen molar-refractivity contribution in [2.45, 2.75) is 39.9 Å². The molecule has 1 N–H and O–H groups in total. The summed E-state index contributed by atoms with van der Waals surface area (Å²) < 4.78 is 41.9. The lowest BCUT2D eigenvalue weighted by molar-refractivity contribution is 0.0522. The van der Waals surface area contributed by atoms with E-state index in [1.165, 1.54) is 10.5 Å². The molecule has 11 heteroatoms. The van der Waals surface area contributed by atoms with Crippen molar-refractivity contribution in [2.75, 3.05) is 5.32 Å². The number of rotatable bonds is 5. The second-order valence-electron chi connectivity index (χ2n) is 9.81. The smallest absolute Gasteiger partial charge is 0.435 e. The molecule has 0 atom stereocenters. The molecule has 0 aliphatic heterocycles. The number of hydrogen-bond acceptors (Lipinski definition) is 6. The highest BCUT2D eigenvalue weighted by atomic mass is 19.1. The van der Waals surface area contributed by atoms with Gasteiger partial charge in [-0.1, -0.05) is 18.2 Å². The van der Waals surface area contributed by atoms with Crippen molar-refractivity contribution >= 4 is 34.4 Å². The van der Waals surface area contributed by atoms with Crippen LogP contribution in [0.1, 0.15) is 42.5 Å². The largest absolute Gasteiger partial charge is 0.485 e. The minimum Gasteiger partial charge on any atom is -0.485 e. The Balaban J connectivity index is 1.46. The highest BCUT2D eigenvalue weighted by molar-refractivity contribution is 6.09. The lowest BCUT2D eigenvalue weighted by Gasteiger charge is -2.19. The Kier molecular flexibility index (Phi) is 6.51. The van der Waals surface area contributed by atoms with E-state index >= 15 is 0 Å². The van der Waals surface area contributed by atoms with Crippen LogP contribution in [-0.2, 0) is 11.3 Å². The Bertz CT molecular complexity index is 1720. The quantitative estimate of drug-likeness (QED) is 0.303. The van der Waals surface area contributed by atoms with Crippen molar-refractivity contribution in [3.63, 3.8) is 0 Å². The number of halogens is 2. The highest BCUT2D eigenvalue weighted by Gasteiger charge is 2.25. The van der Waals surface area contributed by atoms with Gasteiger partial charge in [0.2, 0.25) is 0 Å². The van der Waals surface area contributed by atoms with E-state index in [1.54, 1.807) is 70.3 Å². The molecule has 0 saturated heterocycles. The van der Waals surface area contributed by atoms with Gasteiger partial charge in [0.25, 0.3) is 5.91 Å². The molecule has 0 saturated carbocycles. The summed E-state index contributed by atoms with van der Waals surface area (Å²) in [7, 11) is 0. The van der Waals surface area contributed by atoms with E-state index in [0.29, 0.717) is 22.2 Å². The lowest BCUT2D eigenvalue weighted by atomic mass is 10.2. The first-order valence-corrected chi connectivity index (χ1v) is 12.1. The van der Waals surface area contributed by atoms with Crippen LogP contribution < -0.4 is 10.1 Å². The molecular formula is C28H25F2N5O4. The van der Waals surface area contributed by atoms with Gasteiger partial charge in [0.15, 0.2) is 17.2 Å². The third-order valence-corrected chi connectivity index (χ3v) is 5.82. The van der Waals surface area contributed by atoms with Gasteiger partial charge < -0.3 is 14.8 Å². The van der Waals surface area contributed by atoms with Gasteiger partial charge in [-0.25, -0.2) is 18.6 Å². The van der Waals surface area contributed by atoms with Crippen LogP contribution in [0.2, 0.25) is 0 Å². The van der Waals surface area contributed by atoms with Crippen LogP contribution in [0.15, 0.2) is 60.8 Å². The zero-order chi connectivity index (χ0) is 27.9. The molecule has 200 valence electrons. The summed E-state index contributed by atoms with van der Waals surface area (Å²) >= 11 is 0. The average Bonchev–Trinajstić information content (AvgIpc) is 3.40. The van der Waals surface area contributed by atoms with Gasteiger partial charge in [0.1, 0.15) is 29.5 Å². The van der Waals surface area contributed by atoms with Crippen molar-refractivity contribution in [3.05, 3.63) is 89.4 Å². The van der Waals surface area contributed by atoms with Gasteiger partial charge in [-0.15, -0.1) is 5.10 Å². The molecule has 39 heavy (non-hydrogen) atoms. The molecule has 9 nitrogen and oxygen atoms in total. The predicted molar refractivity (Wildman–Crippen MR) is 140 cm³/mol. The summed E-state index contributed by atoms with van der Waals surface area (Å²) in [5, 5.41) is 7.63. The molecular weight excluding hydrogens is 508 g/mol. The van der Waals surface area contributed by atoms with Gasteiger partial charge in [0.05, 0.1) is 16.8 Å². The van der Waals surface area contributed by atoms with Crippen molar-refractivity contribution in [3.8, 4) is 5.75 Å². The normalized spacial score (nSPS) is 11.6. The molecule has 0 aliphatic carbocycles. The van der Waals surface area contributed by atoms with E-state index in [9.17, 15) is 18.4 Å². The molecule has 3 aromatic heterocycles. The number of nitrogens with one attached hydrogen (secondary N) is 1. The van der Waals surface area contributed by atoms with Gasteiger partial charge in [-0.05, 0) is 64.1 Å². The van der Waals surface area contributed by atoms with Gasteiger partial charge in [0, 0.05) is 11.6 Å². The summed E-state index contributed by atoms with van der Waals surface area (Å²) in [4.78, 5) is 30.7. The first-order chi connectivity index (χ1) is 18.5. The Labute approximate surface area is 222 Å². The van der Waals surface area contributed by atoms with E-state index in [0.717, 1.165) is 16.8 Å². The van der Waals surface area contributed by atoms with Crippen LogP contribution in [0.4, 0.5) is 19.4 Å². The molecule has 0 radical (unpaired) electrons. The first-order valence-electron chi connectivity index (χ1n) is 12.1. The fraction of sp³-hybridized carbons (Fsp3) is 0.214. The summed E-state index contributed by atoms with van der Waals surface area (Å²) in [6, 6.07) is 13.7. The highest BCUT2D eigenvalue weighted by Crippen LogP contribution is 2.27. The van der Waals surface area contributed by atoms with Gasteiger partial charge in [-0.2, -0.15) is 4.68 Å². The number of ether oxygens (including phenoxy) is 2. The monoisotopic (exact) mass is 533 g/mol. The van der Waals surface area contributed by atoms with Crippen LogP contribution >= 0.6 is 0 Å². The van der Waals surface area contributed by atoms with Crippen LogP contribution in [0.3, 0.4) is 0 Å². The number of imidazole rings is 1. The fourth-order valence-electron chi connectivity index (χ4n) is 4.13.